The topological polar surface area (TPSA) is 20.2 Å². The molecule has 1 aliphatic rings. The van der Waals surface area contributed by atoms with Crippen LogP contribution in [0.15, 0.2) is 48.5 Å². The summed E-state index contributed by atoms with van der Waals surface area (Å²) in [6, 6.07) is 13.3. The number of hydrogen-bond acceptors (Lipinski definition) is 1. The molecule has 0 amide bonds. The second-order valence-corrected chi connectivity index (χ2v) is 5.52. The summed E-state index contributed by atoms with van der Waals surface area (Å²) in [5, 5.41) is 10.5. The lowest BCUT2D eigenvalue weighted by molar-refractivity contribution is 0.131. The van der Waals surface area contributed by atoms with Crippen molar-refractivity contribution in [3.8, 4) is 0 Å². The van der Waals surface area contributed by atoms with E-state index in [-0.39, 0.29) is 11.8 Å². The molecule has 0 aliphatic heterocycles. The first-order valence-corrected chi connectivity index (χ1v) is 6.79. The van der Waals surface area contributed by atoms with E-state index in [1.54, 1.807) is 0 Å². The monoisotopic (exact) mass is 274 g/mol. The molecule has 2 aromatic rings. The second-order valence-electron chi connectivity index (χ2n) is 5.52. The molecular formula is C17H16F2O. The van der Waals surface area contributed by atoms with E-state index >= 15 is 0 Å². The molecule has 1 atom stereocenters. The number of aliphatic hydroxyl groups is 1. The molecule has 0 heterocycles. The van der Waals surface area contributed by atoms with Gasteiger partial charge in [0.1, 0.15) is 11.6 Å². The third kappa shape index (κ3) is 2.46. The maximum atomic E-state index is 13.2. The van der Waals surface area contributed by atoms with Crippen LogP contribution >= 0.6 is 0 Å². The van der Waals surface area contributed by atoms with Gasteiger partial charge in [-0.3, -0.25) is 0 Å². The van der Waals surface area contributed by atoms with Crippen molar-refractivity contribution in [2.75, 3.05) is 0 Å². The van der Waals surface area contributed by atoms with Crippen molar-refractivity contribution in [1.82, 2.24) is 0 Å². The summed E-state index contributed by atoms with van der Waals surface area (Å²) in [6.45, 7) is 0. The molecule has 1 aliphatic carbocycles. The molecule has 0 aromatic heterocycles. The van der Waals surface area contributed by atoms with Crippen LogP contribution in [-0.2, 0) is 11.8 Å². The molecule has 3 rings (SSSR count). The molecule has 1 N–H and O–H groups in total. The average molecular weight is 274 g/mol. The van der Waals surface area contributed by atoms with Crippen LogP contribution < -0.4 is 0 Å². The van der Waals surface area contributed by atoms with E-state index in [4.69, 9.17) is 0 Å². The molecule has 1 unspecified atom stereocenters. The van der Waals surface area contributed by atoms with Gasteiger partial charge in [0.25, 0.3) is 0 Å². The standard InChI is InChI=1S/C17H16F2O/c18-14-8-12(9-15(19)11-14)10-16(20)17(6-7-17)13-4-2-1-3-5-13/h1-5,8-9,11,16,20H,6-7,10H2. The van der Waals surface area contributed by atoms with Gasteiger partial charge in [-0.05, 0) is 42.5 Å². The van der Waals surface area contributed by atoms with Crippen molar-refractivity contribution >= 4 is 0 Å². The van der Waals surface area contributed by atoms with Gasteiger partial charge in [-0.25, -0.2) is 8.78 Å². The first-order chi connectivity index (χ1) is 9.60. The summed E-state index contributed by atoms with van der Waals surface area (Å²) in [4.78, 5) is 0. The van der Waals surface area contributed by atoms with E-state index in [0.717, 1.165) is 24.5 Å². The van der Waals surface area contributed by atoms with E-state index in [2.05, 4.69) is 0 Å². The summed E-state index contributed by atoms with van der Waals surface area (Å²) < 4.78 is 26.4. The number of hydrogen-bond donors (Lipinski definition) is 1. The van der Waals surface area contributed by atoms with Crippen molar-refractivity contribution in [3.63, 3.8) is 0 Å². The zero-order valence-corrected chi connectivity index (χ0v) is 11.0. The minimum Gasteiger partial charge on any atom is -0.392 e. The zero-order valence-electron chi connectivity index (χ0n) is 11.0. The molecule has 2 aromatic carbocycles. The molecule has 3 heteroatoms. The molecule has 1 fully saturated rings. The highest BCUT2D eigenvalue weighted by atomic mass is 19.1. The maximum Gasteiger partial charge on any atom is 0.126 e. The van der Waals surface area contributed by atoms with Crippen LogP contribution in [0, 0.1) is 11.6 Å². The third-order valence-electron chi connectivity index (χ3n) is 4.13. The summed E-state index contributed by atoms with van der Waals surface area (Å²) in [5.74, 6) is -1.20. The fraction of sp³-hybridized carbons (Fsp3) is 0.294. The lowest BCUT2D eigenvalue weighted by atomic mass is 9.86. The van der Waals surface area contributed by atoms with Crippen LogP contribution in [0.25, 0.3) is 0 Å². The molecule has 0 spiro atoms. The van der Waals surface area contributed by atoms with Crippen LogP contribution in [0.5, 0.6) is 0 Å². The summed E-state index contributed by atoms with van der Waals surface area (Å²) in [5.41, 5.74) is 1.35. The van der Waals surface area contributed by atoms with E-state index in [9.17, 15) is 13.9 Å². The summed E-state index contributed by atoms with van der Waals surface area (Å²) in [6.07, 6.45) is 1.47. The van der Waals surface area contributed by atoms with Crippen molar-refractivity contribution in [2.24, 2.45) is 0 Å². The van der Waals surface area contributed by atoms with Gasteiger partial charge in [-0.15, -0.1) is 0 Å². The Morgan fingerprint density at radius 2 is 1.60 bits per heavy atom. The van der Waals surface area contributed by atoms with Crippen molar-refractivity contribution in [3.05, 3.63) is 71.3 Å². The molecule has 1 saturated carbocycles. The highest BCUT2D eigenvalue weighted by Gasteiger charge is 2.49. The smallest absolute Gasteiger partial charge is 0.126 e. The van der Waals surface area contributed by atoms with Gasteiger partial charge < -0.3 is 5.11 Å². The Balaban J connectivity index is 1.81. The van der Waals surface area contributed by atoms with Crippen LogP contribution in [0.2, 0.25) is 0 Å². The predicted octanol–water partition coefficient (Wildman–Crippen LogP) is 3.60. The van der Waals surface area contributed by atoms with Gasteiger partial charge in [-0.2, -0.15) is 0 Å². The van der Waals surface area contributed by atoms with Gasteiger partial charge in [0.05, 0.1) is 6.10 Å². The highest BCUT2D eigenvalue weighted by Crippen LogP contribution is 2.51. The fourth-order valence-corrected chi connectivity index (χ4v) is 2.87. The van der Waals surface area contributed by atoms with Gasteiger partial charge in [0.15, 0.2) is 0 Å². The van der Waals surface area contributed by atoms with Crippen molar-refractivity contribution in [2.45, 2.75) is 30.8 Å². The molecular weight excluding hydrogens is 258 g/mol. The Hall–Kier alpha value is -1.74. The lowest BCUT2D eigenvalue weighted by Crippen LogP contribution is -2.28. The predicted molar refractivity (Wildman–Crippen MR) is 73.4 cm³/mol. The molecule has 20 heavy (non-hydrogen) atoms. The molecule has 0 saturated heterocycles. The Bertz CT molecular complexity index is 585. The molecule has 104 valence electrons. The van der Waals surface area contributed by atoms with E-state index in [0.29, 0.717) is 5.56 Å². The largest absolute Gasteiger partial charge is 0.392 e. The minimum absolute atomic E-state index is 0.246. The summed E-state index contributed by atoms with van der Waals surface area (Å²) >= 11 is 0. The average Bonchev–Trinajstić information content (AvgIpc) is 3.20. The van der Waals surface area contributed by atoms with E-state index in [1.807, 2.05) is 30.3 Å². The minimum atomic E-state index is -0.619. The number of rotatable bonds is 4. The van der Waals surface area contributed by atoms with Gasteiger partial charge in [0.2, 0.25) is 0 Å². The Kier molecular flexibility index (Phi) is 3.30. The van der Waals surface area contributed by atoms with Crippen LogP contribution in [0.3, 0.4) is 0 Å². The zero-order chi connectivity index (χ0) is 14.2. The van der Waals surface area contributed by atoms with Crippen molar-refractivity contribution < 1.29 is 13.9 Å². The lowest BCUT2D eigenvalue weighted by Gasteiger charge is -2.23. The highest BCUT2D eigenvalue weighted by molar-refractivity contribution is 5.34. The number of aliphatic hydroxyl groups excluding tert-OH is 1. The Morgan fingerprint density at radius 3 is 2.15 bits per heavy atom. The van der Waals surface area contributed by atoms with E-state index in [1.165, 1.54) is 12.1 Å². The van der Waals surface area contributed by atoms with Gasteiger partial charge in [-0.1, -0.05) is 30.3 Å². The molecule has 1 nitrogen and oxygen atoms in total. The van der Waals surface area contributed by atoms with Crippen LogP contribution in [-0.4, -0.2) is 11.2 Å². The Morgan fingerprint density at radius 1 is 1.00 bits per heavy atom. The first-order valence-electron chi connectivity index (χ1n) is 6.79. The molecule has 0 radical (unpaired) electrons. The first kappa shape index (κ1) is 13.3. The SMILES string of the molecule is OC(Cc1cc(F)cc(F)c1)C1(c2ccccc2)CC1. The third-order valence-corrected chi connectivity index (χ3v) is 4.13. The quantitative estimate of drug-likeness (QED) is 0.903. The maximum absolute atomic E-state index is 13.2. The van der Waals surface area contributed by atoms with Crippen LogP contribution in [0.1, 0.15) is 24.0 Å². The second kappa shape index (κ2) is 4.98. The Labute approximate surface area is 116 Å². The van der Waals surface area contributed by atoms with E-state index < -0.39 is 17.7 Å². The fourth-order valence-electron chi connectivity index (χ4n) is 2.87. The summed E-state index contributed by atoms with van der Waals surface area (Å²) in [7, 11) is 0. The molecule has 0 bridgehead atoms. The number of benzene rings is 2. The van der Waals surface area contributed by atoms with Crippen molar-refractivity contribution in [1.29, 1.82) is 0 Å². The van der Waals surface area contributed by atoms with Gasteiger partial charge in [0, 0.05) is 11.5 Å². The number of halogens is 2. The van der Waals surface area contributed by atoms with Gasteiger partial charge >= 0.3 is 0 Å². The van der Waals surface area contributed by atoms with Crippen LogP contribution in [0.4, 0.5) is 8.78 Å². The normalized spacial score (nSPS) is 17.8.